The van der Waals surface area contributed by atoms with E-state index in [0.29, 0.717) is 11.4 Å². The topological polar surface area (TPSA) is 32.3 Å². The summed E-state index contributed by atoms with van der Waals surface area (Å²) < 4.78 is 0. The van der Waals surface area contributed by atoms with Gasteiger partial charge in [-0.3, -0.25) is 4.79 Å². The Hall–Kier alpha value is -0.740. The third-order valence-electron chi connectivity index (χ3n) is 3.60. The van der Waals surface area contributed by atoms with E-state index in [1.54, 1.807) is 0 Å². The molecule has 1 aromatic carbocycles. The number of rotatable bonds is 5. The molecule has 0 radical (unpaired) electrons. The van der Waals surface area contributed by atoms with E-state index in [2.05, 4.69) is 11.9 Å². The SMILES string of the molecule is C=CCCCC(=O)N1CCNCC1c1cccc(Cl)c1.Cl.Cl. The molecule has 0 spiro atoms. The van der Waals surface area contributed by atoms with E-state index >= 15 is 0 Å². The van der Waals surface area contributed by atoms with E-state index in [1.165, 1.54) is 0 Å². The Bertz CT molecular complexity index is 482. The monoisotopic (exact) mass is 364 g/mol. The highest BCUT2D eigenvalue weighted by Gasteiger charge is 2.27. The predicted octanol–water partition coefficient (Wildman–Crippen LogP) is 4.01. The molecule has 1 fully saturated rings. The molecule has 22 heavy (non-hydrogen) atoms. The number of carbonyl (C=O) groups is 1. The van der Waals surface area contributed by atoms with Crippen molar-refractivity contribution >= 4 is 42.3 Å². The number of piperazine rings is 1. The minimum atomic E-state index is 0. The van der Waals surface area contributed by atoms with E-state index in [9.17, 15) is 4.79 Å². The number of unbranched alkanes of at least 4 members (excludes halogenated alkanes) is 1. The van der Waals surface area contributed by atoms with Gasteiger partial charge in [0.25, 0.3) is 0 Å². The summed E-state index contributed by atoms with van der Waals surface area (Å²) in [5.41, 5.74) is 1.10. The lowest BCUT2D eigenvalue weighted by molar-refractivity contribution is -0.134. The fraction of sp³-hybridized carbons (Fsp3) is 0.438. The van der Waals surface area contributed by atoms with Crippen LogP contribution < -0.4 is 5.32 Å². The van der Waals surface area contributed by atoms with Gasteiger partial charge in [0.05, 0.1) is 6.04 Å². The number of carbonyl (C=O) groups excluding carboxylic acids is 1. The second-order valence-electron chi connectivity index (χ2n) is 5.04. The molecule has 1 amide bonds. The highest BCUT2D eigenvalue weighted by Crippen LogP contribution is 2.25. The van der Waals surface area contributed by atoms with Crippen LogP contribution in [0.5, 0.6) is 0 Å². The second-order valence-corrected chi connectivity index (χ2v) is 5.48. The van der Waals surface area contributed by atoms with Crippen molar-refractivity contribution < 1.29 is 4.79 Å². The maximum atomic E-state index is 12.4. The number of amides is 1. The van der Waals surface area contributed by atoms with E-state index in [4.69, 9.17) is 11.6 Å². The zero-order valence-electron chi connectivity index (χ0n) is 12.5. The highest BCUT2D eigenvalue weighted by molar-refractivity contribution is 6.30. The van der Waals surface area contributed by atoms with Crippen LogP contribution in [0, 0.1) is 0 Å². The van der Waals surface area contributed by atoms with Gasteiger partial charge >= 0.3 is 0 Å². The standard InChI is InChI=1S/C16H21ClN2O.2ClH/c1-2-3-4-8-16(20)19-10-9-18-12-15(19)13-6-5-7-14(17)11-13;;/h2,5-7,11,15,18H,1,3-4,8-10,12H2;2*1H. The van der Waals surface area contributed by atoms with Crippen LogP contribution in [0.1, 0.15) is 30.9 Å². The molecule has 0 aromatic heterocycles. The van der Waals surface area contributed by atoms with Gasteiger partial charge in [0.2, 0.25) is 5.91 Å². The normalized spacial score (nSPS) is 17.1. The minimum Gasteiger partial charge on any atom is -0.333 e. The van der Waals surface area contributed by atoms with E-state index in [-0.39, 0.29) is 36.8 Å². The summed E-state index contributed by atoms with van der Waals surface area (Å²) in [5.74, 6) is 0.221. The molecule has 124 valence electrons. The smallest absolute Gasteiger partial charge is 0.223 e. The Morgan fingerprint density at radius 3 is 2.91 bits per heavy atom. The molecule has 2 rings (SSSR count). The van der Waals surface area contributed by atoms with Gasteiger partial charge < -0.3 is 10.2 Å². The van der Waals surface area contributed by atoms with Gasteiger partial charge in [0, 0.05) is 31.1 Å². The maximum Gasteiger partial charge on any atom is 0.223 e. The summed E-state index contributed by atoms with van der Waals surface area (Å²) in [7, 11) is 0. The van der Waals surface area contributed by atoms with E-state index < -0.39 is 0 Å². The molecule has 1 atom stereocenters. The molecule has 1 heterocycles. The molecular weight excluding hydrogens is 343 g/mol. The first-order valence-corrected chi connectivity index (χ1v) is 7.46. The summed E-state index contributed by atoms with van der Waals surface area (Å²) in [6.07, 6.45) is 4.21. The van der Waals surface area contributed by atoms with E-state index in [0.717, 1.165) is 38.0 Å². The largest absolute Gasteiger partial charge is 0.333 e. The first-order chi connectivity index (χ1) is 9.72. The van der Waals surface area contributed by atoms with Crippen LogP contribution in [0.2, 0.25) is 5.02 Å². The number of nitrogens with zero attached hydrogens (tertiary/aromatic N) is 1. The molecular formula is C16H23Cl3N2O. The van der Waals surface area contributed by atoms with E-state index in [1.807, 2.05) is 35.2 Å². The average Bonchev–Trinajstić information content (AvgIpc) is 2.47. The van der Waals surface area contributed by atoms with Crippen molar-refractivity contribution in [3.63, 3.8) is 0 Å². The van der Waals surface area contributed by atoms with Gasteiger partial charge in [0.15, 0.2) is 0 Å². The third-order valence-corrected chi connectivity index (χ3v) is 3.83. The Labute approximate surface area is 149 Å². The van der Waals surface area contributed by atoms with Crippen LogP contribution in [0.4, 0.5) is 0 Å². The first kappa shape index (κ1) is 21.3. The molecule has 1 aromatic rings. The predicted molar refractivity (Wildman–Crippen MR) is 97.3 cm³/mol. The van der Waals surface area contributed by atoms with Crippen LogP contribution in [-0.4, -0.2) is 30.4 Å². The Morgan fingerprint density at radius 1 is 1.45 bits per heavy atom. The maximum absolute atomic E-state index is 12.4. The van der Waals surface area contributed by atoms with Crippen molar-refractivity contribution in [3.8, 4) is 0 Å². The average molecular weight is 366 g/mol. The summed E-state index contributed by atoms with van der Waals surface area (Å²) in [6, 6.07) is 7.86. The number of hydrogen-bond donors (Lipinski definition) is 1. The molecule has 0 saturated carbocycles. The molecule has 1 N–H and O–H groups in total. The molecule has 0 bridgehead atoms. The molecule has 6 heteroatoms. The lowest BCUT2D eigenvalue weighted by atomic mass is 10.0. The van der Waals surface area contributed by atoms with Gasteiger partial charge in [-0.1, -0.05) is 29.8 Å². The van der Waals surface area contributed by atoms with Crippen molar-refractivity contribution in [3.05, 3.63) is 47.5 Å². The van der Waals surface area contributed by atoms with Crippen molar-refractivity contribution in [2.45, 2.75) is 25.3 Å². The third kappa shape index (κ3) is 5.81. The summed E-state index contributed by atoms with van der Waals surface area (Å²) in [6.45, 7) is 6.08. The van der Waals surface area contributed by atoms with Crippen LogP contribution in [-0.2, 0) is 4.79 Å². The molecule has 1 saturated heterocycles. The van der Waals surface area contributed by atoms with Gasteiger partial charge in [-0.05, 0) is 30.5 Å². The van der Waals surface area contributed by atoms with Crippen molar-refractivity contribution in [2.24, 2.45) is 0 Å². The van der Waals surface area contributed by atoms with Crippen LogP contribution in [0.3, 0.4) is 0 Å². The first-order valence-electron chi connectivity index (χ1n) is 7.09. The van der Waals surface area contributed by atoms with Crippen LogP contribution in [0.15, 0.2) is 36.9 Å². The fourth-order valence-electron chi connectivity index (χ4n) is 2.56. The number of halogens is 3. The highest BCUT2D eigenvalue weighted by atomic mass is 35.5. The van der Waals surface area contributed by atoms with Crippen molar-refractivity contribution in [1.29, 1.82) is 0 Å². The van der Waals surface area contributed by atoms with Gasteiger partial charge in [-0.2, -0.15) is 0 Å². The van der Waals surface area contributed by atoms with Crippen LogP contribution >= 0.6 is 36.4 Å². The second kappa shape index (κ2) is 10.9. The fourth-order valence-corrected chi connectivity index (χ4v) is 2.75. The van der Waals surface area contributed by atoms with Gasteiger partial charge in [-0.25, -0.2) is 0 Å². The summed E-state index contributed by atoms with van der Waals surface area (Å²) >= 11 is 6.06. The number of hydrogen-bond acceptors (Lipinski definition) is 2. The Morgan fingerprint density at radius 2 is 2.23 bits per heavy atom. The molecule has 1 aliphatic heterocycles. The zero-order valence-corrected chi connectivity index (χ0v) is 14.9. The Kier molecular flexibility index (Phi) is 10.5. The number of allylic oxidation sites excluding steroid dienone is 1. The van der Waals surface area contributed by atoms with Gasteiger partial charge in [0.1, 0.15) is 0 Å². The zero-order chi connectivity index (χ0) is 14.4. The molecule has 3 nitrogen and oxygen atoms in total. The summed E-state index contributed by atoms with van der Waals surface area (Å²) in [5, 5.41) is 4.07. The van der Waals surface area contributed by atoms with Crippen molar-refractivity contribution in [2.75, 3.05) is 19.6 Å². The number of benzene rings is 1. The Balaban J connectivity index is 0.00000220. The summed E-state index contributed by atoms with van der Waals surface area (Å²) in [4.78, 5) is 14.3. The number of nitrogens with one attached hydrogen (secondary N) is 1. The quantitative estimate of drug-likeness (QED) is 0.631. The van der Waals surface area contributed by atoms with Crippen LogP contribution in [0.25, 0.3) is 0 Å². The molecule has 1 aliphatic rings. The minimum absolute atomic E-state index is 0. The van der Waals surface area contributed by atoms with Gasteiger partial charge in [-0.15, -0.1) is 31.4 Å². The molecule has 1 unspecified atom stereocenters. The lowest BCUT2D eigenvalue weighted by Gasteiger charge is -2.36. The molecule has 0 aliphatic carbocycles. The lowest BCUT2D eigenvalue weighted by Crippen LogP contribution is -2.48. The van der Waals surface area contributed by atoms with Crippen molar-refractivity contribution in [1.82, 2.24) is 10.2 Å².